The van der Waals surface area contributed by atoms with Crippen molar-refractivity contribution in [3.05, 3.63) is 23.8 Å². The molecule has 1 saturated heterocycles. The maximum atomic E-state index is 11.4. The number of carboxylic acids is 1. The molecule has 1 fully saturated rings. The molecule has 0 radical (unpaired) electrons. The zero-order valence-corrected chi connectivity index (χ0v) is 9.80. The molecule has 0 aliphatic carbocycles. The Hall–Kier alpha value is -2.02. The molecule has 1 aromatic heterocycles. The van der Waals surface area contributed by atoms with Crippen LogP contribution < -0.4 is 5.32 Å². The molecule has 1 aromatic rings. The standard InChI is InChI=1S/C11H14N4O3/c16-10-6-15(3-1-2-13-10)5-9-8(11(17)18)4-12-7-14-9/h4,7H,1-3,5-6H2,(H,13,16)(H,17,18). The summed E-state index contributed by atoms with van der Waals surface area (Å²) in [6.45, 7) is 2.01. The molecule has 18 heavy (non-hydrogen) atoms. The molecule has 1 amide bonds. The van der Waals surface area contributed by atoms with E-state index in [0.29, 0.717) is 18.8 Å². The van der Waals surface area contributed by atoms with Gasteiger partial charge in [0.05, 0.1) is 12.2 Å². The summed E-state index contributed by atoms with van der Waals surface area (Å²) in [5.74, 6) is -1.09. The monoisotopic (exact) mass is 250 g/mol. The van der Waals surface area contributed by atoms with Gasteiger partial charge in [-0.2, -0.15) is 0 Å². The predicted molar refractivity (Wildman–Crippen MR) is 61.9 cm³/mol. The van der Waals surface area contributed by atoms with Crippen LogP contribution in [0, 0.1) is 0 Å². The van der Waals surface area contributed by atoms with Crippen LogP contribution in [0.1, 0.15) is 22.5 Å². The average molecular weight is 250 g/mol. The molecule has 7 nitrogen and oxygen atoms in total. The largest absolute Gasteiger partial charge is 0.478 e. The van der Waals surface area contributed by atoms with Crippen LogP contribution in [0.5, 0.6) is 0 Å². The van der Waals surface area contributed by atoms with Crippen molar-refractivity contribution in [2.24, 2.45) is 0 Å². The van der Waals surface area contributed by atoms with Crippen LogP contribution in [0.25, 0.3) is 0 Å². The fourth-order valence-corrected chi connectivity index (χ4v) is 1.87. The number of rotatable bonds is 3. The quantitative estimate of drug-likeness (QED) is 0.750. The third-order valence-corrected chi connectivity index (χ3v) is 2.74. The predicted octanol–water partition coefficient (Wildman–Crippen LogP) is -0.503. The number of carbonyl (C=O) groups excluding carboxylic acids is 1. The zero-order valence-electron chi connectivity index (χ0n) is 9.80. The van der Waals surface area contributed by atoms with E-state index in [1.807, 2.05) is 4.90 Å². The maximum Gasteiger partial charge on any atom is 0.339 e. The number of aromatic carboxylic acids is 1. The first-order valence-electron chi connectivity index (χ1n) is 5.68. The van der Waals surface area contributed by atoms with E-state index in [1.54, 1.807) is 0 Å². The molecule has 0 aromatic carbocycles. The van der Waals surface area contributed by atoms with E-state index in [-0.39, 0.29) is 18.0 Å². The molecular formula is C11H14N4O3. The molecule has 2 N–H and O–H groups in total. The minimum atomic E-state index is -1.05. The van der Waals surface area contributed by atoms with Crippen LogP contribution >= 0.6 is 0 Å². The third-order valence-electron chi connectivity index (χ3n) is 2.74. The molecule has 0 unspecified atom stereocenters. The number of nitrogens with zero attached hydrogens (tertiary/aromatic N) is 3. The third kappa shape index (κ3) is 3.01. The van der Waals surface area contributed by atoms with Crippen molar-refractivity contribution in [2.45, 2.75) is 13.0 Å². The van der Waals surface area contributed by atoms with Crippen molar-refractivity contribution in [3.63, 3.8) is 0 Å². The van der Waals surface area contributed by atoms with Crippen molar-refractivity contribution in [3.8, 4) is 0 Å². The van der Waals surface area contributed by atoms with E-state index in [4.69, 9.17) is 5.11 Å². The lowest BCUT2D eigenvalue weighted by molar-refractivity contribution is -0.121. The minimum Gasteiger partial charge on any atom is -0.478 e. The summed E-state index contributed by atoms with van der Waals surface area (Å²) in [7, 11) is 0. The smallest absolute Gasteiger partial charge is 0.339 e. The van der Waals surface area contributed by atoms with E-state index >= 15 is 0 Å². The highest BCUT2D eigenvalue weighted by Crippen LogP contribution is 2.09. The van der Waals surface area contributed by atoms with E-state index in [0.717, 1.165) is 13.0 Å². The molecule has 2 heterocycles. The van der Waals surface area contributed by atoms with Crippen LogP contribution in [0.3, 0.4) is 0 Å². The van der Waals surface area contributed by atoms with Crippen molar-refractivity contribution in [2.75, 3.05) is 19.6 Å². The Bertz CT molecular complexity index is 463. The second-order valence-corrected chi connectivity index (χ2v) is 4.10. The van der Waals surface area contributed by atoms with Gasteiger partial charge in [0.2, 0.25) is 5.91 Å². The van der Waals surface area contributed by atoms with Gasteiger partial charge in [-0.15, -0.1) is 0 Å². The topological polar surface area (TPSA) is 95.4 Å². The van der Waals surface area contributed by atoms with Gasteiger partial charge in [0, 0.05) is 25.8 Å². The van der Waals surface area contributed by atoms with Gasteiger partial charge in [0.1, 0.15) is 11.9 Å². The molecule has 2 rings (SSSR count). The lowest BCUT2D eigenvalue weighted by Gasteiger charge is -2.18. The number of nitrogens with one attached hydrogen (secondary N) is 1. The van der Waals surface area contributed by atoms with Gasteiger partial charge in [-0.1, -0.05) is 0 Å². The van der Waals surface area contributed by atoms with Gasteiger partial charge in [0.15, 0.2) is 0 Å². The lowest BCUT2D eigenvalue weighted by Crippen LogP contribution is -2.33. The Labute approximate surface area is 104 Å². The van der Waals surface area contributed by atoms with Crippen LogP contribution in [0.15, 0.2) is 12.5 Å². The zero-order chi connectivity index (χ0) is 13.0. The van der Waals surface area contributed by atoms with Crippen molar-refractivity contribution < 1.29 is 14.7 Å². The summed E-state index contributed by atoms with van der Waals surface area (Å²) in [4.78, 5) is 32.0. The fourth-order valence-electron chi connectivity index (χ4n) is 1.87. The number of aromatic nitrogens is 2. The molecule has 96 valence electrons. The molecule has 0 saturated carbocycles. The van der Waals surface area contributed by atoms with Crippen LogP contribution in [-0.4, -0.2) is 51.5 Å². The Morgan fingerprint density at radius 1 is 1.56 bits per heavy atom. The number of amides is 1. The summed E-state index contributed by atoms with van der Waals surface area (Å²) in [6.07, 6.45) is 3.45. The molecule has 7 heteroatoms. The molecule has 0 atom stereocenters. The highest BCUT2D eigenvalue weighted by atomic mass is 16.4. The van der Waals surface area contributed by atoms with Gasteiger partial charge < -0.3 is 10.4 Å². The lowest BCUT2D eigenvalue weighted by atomic mass is 10.2. The maximum absolute atomic E-state index is 11.4. The van der Waals surface area contributed by atoms with Gasteiger partial charge >= 0.3 is 5.97 Å². The minimum absolute atomic E-state index is 0.0431. The first-order valence-corrected chi connectivity index (χ1v) is 5.68. The van der Waals surface area contributed by atoms with E-state index in [2.05, 4.69) is 15.3 Å². The van der Waals surface area contributed by atoms with Gasteiger partial charge in [-0.25, -0.2) is 14.8 Å². The molecular weight excluding hydrogens is 236 g/mol. The van der Waals surface area contributed by atoms with Crippen molar-refractivity contribution >= 4 is 11.9 Å². The highest BCUT2D eigenvalue weighted by Gasteiger charge is 2.18. The summed E-state index contributed by atoms with van der Waals surface area (Å²) in [5, 5.41) is 11.8. The van der Waals surface area contributed by atoms with Gasteiger partial charge in [0.25, 0.3) is 0 Å². The number of carbonyl (C=O) groups is 2. The molecule has 0 spiro atoms. The van der Waals surface area contributed by atoms with Gasteiger partial charge in [-0.3, -0.25) is 9.69 Å². The van der Waals surface area contributed by atoms with E-state index in [1.165, 1.54) is 12.5 Å². The Morgan fingerprint density at radius 3 is 3.17 bits per heavy atom. The Balaban J connectivity index is 2.13. The van der Waals surface area contributed by atoms with Crippen LogP contribution in [0.2, 0.25) is 0 Å². The summed E-state index contributed by atoms with van der Waals surface area (Å²) < 4.78 is 0. The number of hydrogen-bond donors (Lipinski definition) is 2. The molecule has 1 aliphatic heterocycles. The SMILES string of the molecule is O=C1CN(Cc2ncncc2C(=O)O)CCCN1. The summed E-state index contributed by atoms with van der Waals surface area (Å²) in [6, 6.07) is 0. The Kier molecular flexibility index (Phi) is 3.83. The summed E-state index contributed by atoms with van der Waals surface area (Å²) >= 11 is 0. The van der Waals surface area contributed by atoms with Crippen LogP contribution in [0.4, 0.5) is 0 Å². The first kappa shape index (κ1) is 12.4. The summed E-state index contributed by atoms with van der Waals surface area (Å²) in [5.41, 5.74) is 0.523. The Morgan fingerprint density at radius 2 is 2.39 bits per heavy atom. The number of carboxylic acid groups (broad SMARTS) is 1. The van der Waals surface area contributed by atoms with Crippen molar-refractivity contribution in [1.29, 1.82) is 0 Å². The second-order valence-electron chi connectivity index (χ2n) is 4.10. The average Bonchev–Trinajstić information content (AvgIpc) is 2.54. The van der Waals surface area contributed by atoms with E-state index < -0.39 is 5.97 Å². The molecule has 0 bridgehead atoms. The van der Waals surface area contributed by atoms with E-state index in [9.17, 15) is 9.59 Å². The highest BCUT2D eigenvalue weighted by molar-refractivity contribution is 5.88. The van der Waals surface area contributed by atoms with Crippen LogP contribution in [-0.2, 0) is 11.3 Å². The second kappa shape index (κ2) is 5.54. The number of hydrogen-bond acceptors (Lipinski definition) is 5. The first-order chi connectivity index (χ1) is 8.66. The molecule has 1 aliphatic rings. The fraction of sp³-hybridized carbons (Fsp3) is 0.455. The van der Waals surface area contributed by atoms with Crippen molar-refractivity contribution in [1.82, 2.24) is 20.2 Å². The van der Waals surface area contributed by atoms with Gasteiger partial charge in [-0.05, 0) is 6.42 Å². The normalized spacial score (nSPS) is 17.0.